The summed E-state index contributed by atoms with van der Waals surface area (Å²) in [5.41, 5.74) is 6.22. The lowest BCUT2D eigenvalue weighted by Gasteiger charge is -2.40. The van der Waals surface area contributed by atoms with Crippen LogP contribution in [0.15, 0.2) is 41.2 Å². The van der Waals surface area contributed by atoms with Crippen molar-refractivity contribution in [3.8, 4) is 0 Å². The van der Waals surface area contributed by atoms with Crippen LogP contribution in [-0.4, -0.2) is 56.3 Å². The van der Waals surface area contributed by atoms with Gasteiger partial charge in [0.15, 0.2) is 5.82 Å². The van der Waals surface area contributed by atoms with Crippen molar-refractivity contribution < 1.29 is 0 Å². The Morgan fingerprint density at radius 2 is 1.67 bits per heavy atom. The van der Waals surface area contributed by atoms with Crippen molar-refractivity contribution in [1.82, 2.24) is 30.1 Å². The molecule has 204 valence electrons. The fourth-order valence-corrected chi connectivity index (χ4v) is 6.47. The van der Waals surface area contributed by atoms with Gasteiger partial charge in [-0.15, -0.1) is 5.10 Å². The lowest BCUT2D eigenvalue weighted by atomic mass is 9.95. The van der Waals surface area contributed by atoms with Gasteiger partial charge in [0.05, 0.1) is 6.04 Å². The van der Waals surface area contributed by atoms with Crippen LogP contribution in [-0.2, 0) is 0 Å². The van der Waals surface area contributed by atoms with Crippen molar-refractivity contribution in [2.45, 2.75) is 65.0 Å². The van der Waals surface area contributed by atoms with E-state index >= 15 is 0 Å². The van der Waals surface area contributed by atoms with Crippen LogP contribution >= 0.6 is 11.6 Å². The van der Waals surface area contributed by atoms with Crippen molar-refractivity contribution in [3.05, 3.63) is 79.9 Å². The van der Waals surface area contributed by atoms with Crippen molar-refractivity contribution in [2.24, 2.45) is 0 Å². The molecule has 2 aromatic carbocycles. The van der Waals surface area contributed by atoms with Gasteiger partial charge in [-0.25, -0.2) is 4.68 Å². The van der Waals surface area contributed by atoms with E-state index in [-0.39, 0.29) is 17.6 Å². The van der Waals surface area contributed by atoms with Gasteiger partial charge in [0.25, 0.3) is 5.56 Å². The van der Waals surface area contributed by atoms with E-state index in [9.17, 15) is 4.79 Å². The molecule has 3 heterocycles. The highest BCUT2D eigenvalue weighted by molar-refractivity contribution is 6.30. The van der Waals surface area contributed by atoms with Crippen molar-refractivity contribution in [1.29, 1.82) is 0 Å². The van der Waals surface area contributed by atoms with Crippen LogP contribution in [0.2, 0.25) is 5.02 Å². The van der Waals surface area contributed by atoms with E-state index in [2.05, 4.69) is 75.3 Å². The zero-order chi connectivity index (χ0) is 27.1. The zero-order valence-electron chi connectivity index (χ0n) is 23.0. The predicted octanol–water partition coefficient (Wildman–Crippen LogP) is 5.51. The minimum Gasteiger partial charge on any atom is -0.369 e. The normalized spacial score (nSPS) is 18.1. The quantitative estimate of drug-likeness (QED) is 0.356. The van der Waals surface area contributed by atoms with Crippen LogP contribution in [0, 0.1) is 20.8 Å². The summed E-state index contributed by atoms with van der Waals surface area (Å²) in [5.74, 6) is 0.767. The van der Waals surface area contributed by atoms with E-state index in [4.69, 9.17) is 11.6 Å². The number of nitrogens with one attached hydrogen (secondary N) is 1. The maximum absolute atomic E-state index is 13.7. The third kappa shape index (κ3) is 5.08. The maximum atomic E-state index is 13.7. The third-order valence-corrected chi connectivity index (χ3v) is 8.89. The van der Waals surface area contributed by atoms with Gasteiger partial charge in [-0.2, -0.15) is 0 Å². The fraction of sp³-hybridized carbons (Fsp3) is 0.467. The molecule has 1 saturated heterocycles. The molecule has 4 aromatic rings. The molecule has 1 aliphatic heterocycles. The van der Waals surface area contributed by atoms with E-state index in [1.807, 2.05) is 16.8 Å². The molecule has 0 spiro atoms. The van der Waals surface area contributed by atoms with E-state index in [0.29, 0.717) is 5.56 Å². The number of piperazine rings is 1. The molecule has 1 saturated carbocycles. The van der Waals surface area contributed by atoms with Crippen LogP contribution in [0.3, 0.4) is 0 Å². The third-order valence-electron chi connectivity index (χ3n) is 8.66. The molecule has 1 N–H and O–H groups in total. The standard InChI is InChI=1S/C30H36ClN7O/c1-19-9-10-23(31)18-27(19)36-11-13-37(14-12-36)28(29-33-34-35-38(29)24-7-5-4-6-8-24)25-17-22-15-20(2)21(3)16-26(22)32-30(25)39/h9-10,15-18,24,28H,4-8,11-14H2,1-3H3,(H,32,39)/t28-/m0/s1. The summed E-state index contributed by atoms with van der Waals surface area (Å²) < 4.78 is 2.02. The Morgan fingerprint density at radius 3 is 2.44 bits per heavy atom. The highest BCUT2D eigenvalue weighted by Gasteiger charge is 2.34. The number of tetrazole rings is 1. The Balaban J connectivity index is 1.40. The molecule has 0 bridgehead atoms. The fourth-order valence-electron chi connectivity index (χ4n) is 6.31. The molecule has 2 fully saturated rings. The summed E-state index contributed by atoms with van der Waals surface area (Å²) >= 11 is 6.34. The Labute approximate surface area is 234 Å². The van der Waals surface area contributed by atoms with Crippen LogP contribution < -0.4 is 10.5 Å². The molecule has 9 heteroatoms. The number of aromatic nitrogens is 5. The lowest BCUT2D eigenvalue weighted by molar-refractivity contribution is 0.192. The number of pyridine rings is 1. The number of benzene rings is 2. The number of nitrogens with zero attached hydrogens (tertiary/aromatic N) is 6. The molecule has 0 amide bonds. The Morgan fingerprint density at radius 1 is 0.923 bits per heavy atom. The van der Waals surface area contributed by atoms with Crippen molar-refractivity contribution in [2.75, 3.05) is 31.1 Å². The topological polar surface area (TPSA) is 82.9 Å². The first-order chi connectivity index (χ1) is 18.9. The second-order valence-electron chi connectivity index (χ2n) is 11.2. The SMILES string of the molecule is Cc1cc2cc([C@@H](c3nnnn3C3CCCCC3)N3CCN(c4cc(Cl)ccc4C)CC3)c(=O)[nH]c2cc1C. The van der Waals surface area contributed by atoms with Gasteiger partial charge in [-0.1, -0.05) is 36.9 Å². The van der Waals surface area contributed by atoms with Crippen LogP contribution in [0.4, 0.5) is 5.69 Å². The number of rotatable bonds is 5. The largest absolute Gasteiger partial charge is 0.369 e. The summed E-state index contributed by atoms with van der Waals surface area (Å²) in [7, 11) is 0. The first-order valence-electron chi connectivity index (χ1n) is 14.1. The van der Waals surface area contributed by atoms with Crippen molar-refractivity contribution in [3.63, 3.8) is 0 Å². The molecule has 2 aromatic heterocycles. The Hall–Kier alpha value is -3.23. The molecular weight excluding hydrogens is 510 g/mol. The summed E-state index contributed by atoms with van der Waals surface area (Å²) in [6, 6.07) is 12.3. The minimum absolute atomic E-state index is 0.0814. The Bertz CT molecular complexity index is 1550. The van der Waals surface area contributed by atoms with Gasteiger partial charge < -0.3 is 9.88 Å². The monoisotopic (exact) mass is 545 g/mol. The first kappa shape index (κ1) is 26.0. The number of halogens is 1. The van der Waals surface area contributed by atoms with E-state index in [1.165, 1.54) is 36.1 Å². The van der Waals surface area contributed by atoms with Crippen LogP contribution in [0.5, 0.6) is 0 Å². The number of aryl methyl sites for hydroxylation is 3. The second-order valence-corrected chi connectivity index (χ2v) is 11.6. The number of hydrogen-bond acceptors (Lipinski definition) is 6. The molecule has 0 radical (unpaired) electrons. The number of hydrogen-bond donors (Lipinski definition) is 1. The number of fused-ring (bicyclic) bond motifs is 1. The average Bonchev–Trinajstić information content (AvgIpc) is 3.42. The van der Waals surface area contributed by atoms with Gasteiger partial charge in [0, 0.05) is 48.0 Å². The number of anilines is 1. The van der Waals surface area contributed by atoms with Gasteiger partial charge in [0.2, 0.25) is 0 Å². The van der Waals surface area contributed by atoms with Gasteiger partial charge in [-0.05, 0) is 96.4 Å². The van der Waals surface area contributed by atoms with E-state index < -0.39 is 0 Å². The highest BCUT2D eigenvalue weighted by Crippen LogP contribution is 2.34. The predicted molar refractivity (Wildman–Crippen MR) is 156 cm³/mol. The van der Waals surface area contributed by atoms with Crippen LogP contribution in [0.25, 0.3) is 10.9 Å². The molecule has 1 atom stereocenters. The number of aromatic amines is 1. The molecular formula is C30H36ClN7O. The lowest BCUT2D eigenvalue weighted by Crippen LogP contribution is -2.49. The molecule has 1 aliphatic carbocycles. The maximum Gasteiger partial charge on any atom is 0.253 e. The molecule has 2 aliphatic rings. The zero-order valence-corrected chi connectivity index (χ0v) is 23.7. The molecule has 6 rings (SSSR count). The van der Waals surface area contributed by atoms with E-state index in [1.54, 1.807) is 0 Å². The molecule has 0 unspecified atom stereocenters. The van der Waals surface area contributed by atoms with Crippen molar-refractivity contribution >= 4 is 28.2 Å². The summed E-state index contributed by atoms with van der Waals surface area (Å²) in [6.45, 7) is 9.51. The molecule has 8 nitrogen and oxygen atoms in total. The second kappa shape index (κ2) is 10.7. The minimum atomic E-state index is -0.334. The average molecular weight is 546 g/mol. The highest BCUT2D eigenvalue weighted by atomic mass is 35.5. The summed E-state index contributed by atoms with van der Waals surface area (Å²) in [4.78, 5) is 21.6. The smallest absolute Gasteiger partial charge is 0.253 e. The first-order valence-corrected chi connectivity index (χ1v) is 14.4. The van der Waals surface area contributed by atoms with Crippen LogP contribution in [0.1, 0.15) is 72.3 Å². The van der Waals surface area contributed by atoms with Gasteiger partial charge in [0.1, 0.15) is 6.04 Å². The van der Waals surface area contributed by atoms with E-state index in [0.717, 1.165) is 66.3 Å². The molecule has 39 heavy (non-hydrogen) atoms. The Kier molecular flexibility index (Phi) is 7.16. The number of H-pyrrole nitrogens is 1. The summed E-state index contributed by atoms with van der Waals surface area (Å²) in [6.07, 6.45) is 5.76. The summed E-state index contributed by atoms with van der Waals surface area (Å²) in [5, 5.41) is 15.0. The van der Waals surface area contributed by atoms with Gasteiger partial charge in [-0.3, -0.25) is 9.69 Å². The van der Waals surface area contributed by atoms with Gasteiger partial charge >= 0.3 is 0 Å².